The smallest absolute Gasteiger partial charge is 0.326 e. The summed E-state index contributed by atoms with van der Waals surface area (Å²) in [5, 5.41) is 14.9. The van der Waals surface area contributed by atoms with Crippen LogP contribution in [-0.4, -0.2) is 34.4 Å². The minimum absolute atomic E-state index is 0.0304. The highest BCUT2D eigenvalue weighted by atomic mass is 35.5. The number of carbonyl (C=O) groups excluding carboxylic acids is 3. The number of carbonyl (C=O) groups is 3. The molecule has 0 saturated heterocycles. The fourth-order valence-corrected chi connectivity index (χ4v) is 3.83. The van der Waals surface area contributed by atoms with Gasteiger partial charge in [-0.15, -0.1) is 0 Å². The summed E-state index contributed by atoms with van der Waals surface area (Å²) in [6.07, 6.45) is 0.0304. The topological polar surface area (TPSA) is 146 Å². The van der Waals surface area contributed by atoms with E-state index in [9.17, 15) is 14.4 Å². The molecule has 0 fully saturated rings. The van der Waals surface area contributed by atoms with Crippen molar-refractivity contribution in [3.63, 3.8) is 0 Å². The molecule has 4 N–H and O–H groups in total. The number of urea groups is 1. The Balaban J connectivity index is 1.62. The summed E-state index contributed by atoms with van der Waals surface area (Å²) in [6, 6.07) is 19.7. The van der Waals surface area contributed by atoms with Crippen LogP contribution in [-0.2, 0) is 11.3 Å². The third-order valence-corrected chi connectivity index (χ3v) is 5.82. The first kappa shape index (κ1) is 25.2. The minimum atomic E-state index is -0.582. The third-order valence-electron chi connectivity index (χ3n) is 5.57. The Morgan fingerprint density at radius 2 is 1.84 bits per heavy atom. The summed E-state index contributed by atoms with van der Waals surface area (Å²) in [6.45, 7) is 0.185. The normalized spacial score (nSPS) is 10.5. The van der Waals surface area contributed by atoms with E-state index in [1.807, 2.05) is 6.07 Å². The van der Waals surface area contributed by atoms with Crippen molar-refractivity contribution in [3.05, 3.63) is 82.9 Å². The van der Waals surface area contributed by atoms with Crippen LogP contribution < -0.4 is 21.3 Å². The Bertz CT molecular complexity index is 1540. The molecule has 37 heavy (non-hydrogen) atoms. The molecule has 0 aliphatic carbocycles. The Morgan fingerprint density at radius 1 is 1.08 bits per heavy atom. The quantitative estimate of drug-likeness (QED) is 0.334. The molecule has 0 aliphatic rings. The molecule has 1 aromatic heterocycles. The molecule has 0 radical (unpaired) electrons. The van der Waals surface area contributed by atoms with Gasteiger partial charge in [0.1, 0.15) is 0 Å². The molecule has 0 atom stereocenters. The number of amides is 4. The van der Waals surface area contributed by atoms with E-state index >= 15 is 0 Å². The molecule has 0 saturated carbocycles. The average molecular weight is 516 g/mol. The maximum Gasteiger partial charge on any atom is 0.326 e. The largest absolute Gasteiger partial charge is 0.370 e. The van der Waals surface area contributed by atoms with Crippen LogP contribution in [0.2, 0.25) is 5.02 Å². The van der Waals surface area contributed by atoms with Crippen LogP contribution in [0.25, 0.3) is 11.0 Å². The molecule has 10 nitrogen and oxygen atoms in total. The third kappa shape index (κ3) is 5.86. The van der Waals surface area contributed by atoms with Crippen LogP contribution in [0.1, 0.15) is 22.3 Å². The molecule has 0 unspecified atom stereocenters. The second kappa shape index (κ2) is 10.8. The first-order valence-corrected chi connectivity index (χ1v) is 11.5. The Labute approximate surface area is 217 Å². The zero-order valence-corrected chi connectivity index (χ0v) is 20.5. The fourth-order valence-electron chi connectivity index (χ4n) is 3.70. The van der Waals surface area contributed by atoms with Crippen LogP contribution in [0.3, 0.4) is 0 Å². The lowest BCUT2D eigenvalue weighted by molar-refractivity contribution is -0.118. The van der Waals surface area contributed by atoms with Crippen molar-refractivity contribution in [2.24, 2.45) is 5.73 Å². The van der Waals surface area contributed by atoms with Gasteiger partial charge in [-0.25, -0.2) is 9.78 Å². The molecular weight excluding hydrogens is 494 g/mol. The van der Waals surface area contributed by atoms with E-state index in [4.69, 9.17) is 22.6 Å². The molecule has 3 aromatic carbocycles. The van der Waals surface area contributed by atoms with Crippen LogP contribution in [0.15, 0.2) is 66.7 Å². The highest BCUT2D eigenvalue weighted by Gasteiger charge is 2.18. The number of nitrogens with zero attached hydrogens (tertiary/aromatic N) is 4. The number of nitrogens with two attached hydrogens (primary N) is 1. The minimum Gasteiger partial charge on any atom is -0.370 e. The van der Waals surface area contributed by atoms with Crippen LogP contribution in [0.5, 0.6) is 0 Å². The molecule has 0 bridgehead atoms. The zero-order valence-electron chi connectivity index (χ0n) is 19.7. The lowest BCUT2D eigenvalue weighted by atomic mass is 10.2. The number of hydrogen-bond acceptors (Lipinski definition) is 5. The van der Waals surface area contributed by atoms with Crippen molar-refractivity contribution in [1.82, 2.24) is 9.55 Å². The second-order valence-electron chi connectivity index (χ2n) is 8.12. The monoisotopic (exact) mass is 515 g/mol. The number of halogens is 1. The number of imidazole rings is 1. The summed E-state index contributed by atoms with van der Waals surface area (Å²) in [5.74, 6) is -0.550. The number of aryl methyl sites for hydroxylation is 1. The molecule has 11 heteroatoms. The van der Waals surface area contributed by atoms with Crippen LogP contribution in [0, 0.1) is 11.3 Å². The maximum atomic E-state index is 12.9. The maximum absolute atomic E-state index is 12.9. The number of primary amides is 1. The van der Waals surface area contributed by atoms with Gasteiger partial charge in [-0.1, -0.05) is 17.7 Å². The molecule has 4 amide bonds. The highest BCUT2D eigenvalue weighted by molar-refractivity contribution is 6.30. The summed E-state index contributed by atoms with van der Waals surface area (Å²) in [4.78, 5) is 43.1. The molecule has 186 valence electrons. The summed E-state index contributed by atoms with van der Waals surface area (Å²) in [5.41, 5.74) is 8.36. The number of rotatable bonds is 7. The van der Waals surface area contributed by atoms with E-state index in [-0.39, 0.29) is 24.8 Å². The van der Waals surface area contributed by atoms with Gasteiger partial charge < -0.3 is 20.5 Å². The molecule has 0 spiro atoms. The van der Waals surface area contributed by atoms with E-state index < -0.39 is 11.9 Å². The van der Waals surface area contributed by atoms with Gasteiger partial charge in [-0.05, 0) is 60.7 Å². The lowest BCUT2D eigenvalue weighted by Gasteiger charge is -2.17. The number of benzene rings is 3. The number of nitriles is 1. The average Bonchev–Trinajstić information content (AvgIpc) is 3.22. The predicted octanol–water partition coefficient (Wildman–Crippen LogP) is 4.36. The number of nitrogens with one attached hydrogen (secondary N) is 2. The second-order valence-corrected chi connectivity index (χ2v) is 8.56. The fraction of sp³-hybridized carbons (Fsp3) is 0.115. The number of anilines is 3. The van der Waals surface area contributed by atoms with Gasteiger partial charge in [-0.2, -0.15) is 5.26 Å². The summed E-state index contributed by atoms with van der Waals surface area (Å²) < 4.78 is 1.66. The van der Waals surface area contributed by atoms with Crippen molar-refractivity contribution < 1.29 is 14.4 Å². The lowest BCUT2D eigenvalue weighted by Crippen LogP contribution is -2.26. The van der Waals surface area contributed by atoms with Crippen molar-refractivity contribution in [3.8, 4) is 6.07 Å². The van der Waals surface area contributed by atoms with E-state index in [0.29, 0.717) is 38.6 Å². The summed E-state index contributed by atoms with van der Waals surface area (Å²) >= 11 is 5.92. The molecule has 4 aromatic rings. The van der Waals surface area contributed by atoms with Crippen LogP contribution in [0.4, 0.5) is 22.1 Å². The van der Waals surface area contributed by atoms with E-state index in [0.717, 1.165) is 0 Å². The number of aromatic nitrogens is 2. The SMILES string of the molecule is CN(C(=O)c1ccc(Cl)cc1)c1ccc2c(c1)nc(NC(=O)Nc1cccc(C#N)c1)n2CCC(N)=O. The Morgan fingerprint density at radius 3 is 2.54 bits per heavy atom. The highest BCUT2D eigenvalue weighted by Crippen LogP contribution is 2.26. The number of fused-ring (bicyclic) bond motifs is 1. The molecule has 0 aliphatic heterocycles. The van der Waals surface area contributed by atoms with E-state index in [2.05, 4.69) is 15.6 Å². The molecular formula is C26H22ClN7O3. The zero-order chi connectivity index (χ0) is 26.5. The van der Waals surface area contributed by atoms with Gasteiger partial charge in [0.2, 0.25) is 11.9 Å². The van der Waals surface area contributed by atoms with Gasteiger partial charge >= 0.3 is 6.03 Å². The first-order chi connectivity index (χ1) is 17.7. The number of hydrogen-bond donors (Lipinski definition) is 3. The van der Waals surface area contributed by atoms with Gasteiger partial charge in [0.15, 0.2) is 0 Å². The van der Waals surface area contributed by atoms with Gasteiger partial charge in [-0.3, -0.25) is 14.9 Å². The van der Waals surface area contributed by atoms with Crippen molar-refractivity contribution in [2.75, 3.05) is 22.6 Å². The standard InChI is InChI=1S/C26H22ClN7O3/c1-33(24(36)17-5-7-18(27)8-6-17)20-9-10-22-21(14-20)31-25(34(22)12-11-23(29)35)32-26(37)30-19-4-2-3-16(13-19)15-28/h2-10,13-14H,11-12H2,1H3,(H2,29,35)(H2,30,31,32,37). The van der Waals surface area contributed by atoms with Crippen LogP contribution >= 0.6 is 11.6 Å². The van der Waals surface area contributed by atoms with Crippen molar-refractivity contribution in [1.29, 1.82) is 5.26 Å². The predicted molar refractivity (Wildman–Crippen MR) is 142 cm³/mol. The first-order valence-electron chi connectivity index (χ1n) is 11.2. The Hall–Kier alpha value is -4.88. The molecule has 1 heterocycles. The van der Waals surface area contributed by atoms with E-state index in [1.54, 1.807) is 72.3 Å². The summed E-state index contributed by atoms with van der Waals surface area (Å²) in [7, 11) is 1.64. The Kier molecular flexibility index (Phi) is 7.36. The van der Waals surface area contributed by atoms with E-state index in [1.165, 1.54) is 11.0 Å². The van der Waals surface area contributed by atoms with Gasteiger partial charge in [0.25, 0.3) is 5.91 Å². The van der Waals surface area contributed by atoms with Crippen molar-refractivity contribution in [2.45, 2.75) is 13.0 Å². The van der Waals surface area contributed by atoms with Crippen molar-refractivity contribution >= 4 is 57.8 Å². The van der Waals surface area contributed by atoms with Gasteiger partial charge in [0.05, 0.1) is 22.7 Å². The van der Waals surface area contributed by atoms with Gasteiger partial charge in [0, 0.05) is 42.0 Å². The molecule has 4 rings (SSSR count).